The number of hydrogen-bond donors (Lipinski definition) is 1. The molecule has 0 bridgehead atoms. The van der Waals surface area contributed by atoms with Crippen molar-refractivity contribution in [3.05, 3.63) is 0 Å². The Morgan fingerprint density at radius 2 is 2.43 bits per heavy atom. The van der Waals surface area contributed by atoms with Crippen LogP contribution in [0.25, 0.3) is 0 Å². The van der Waals surface area contributed by atoms with E-state index >= 15 is 0 Å². The average molecular weight is 211 g/mol. The number of hydrogen-bond acceptors (Lipinski definition) is 3. The van der Waals surface area contributed by atoms with Crippen LogP contribution in [0.1, 0.15) is 26.2 Å². The molecule has 78 valence electrons. The van der Waals surface area contributed by atoms with Crippen molar-refractivity contribution in [2.75, 3.05) is 12.8 Å². The number of rotatable bonds is 2. The summed E-state index contributed by atoms with van der Waals surface area (Å²) in [7, 11) is 0. The Morgan fingerprint density at radius 1 is 1.64 bits per heavy atom. The molecule has 0 radical (unpaired) electrons. The summed E-state index contributed by atoms with van der Waals surface area (Å²) >= 11 is 1.50. The van der Waals surface area contributed by atoms with Gasteiger partial charge < -0.3 is 0 Å². The van der Waals surface area contributed by atoms with Crippen molar-refractivity contribution in [1.82, 2.24) is 5.32 Å². The quantitative estimate of drug-likeness (QED) is 0.330. The second-order valence-electron chi connectivity index (χ2n) is 3.76. The number of nitriles is 1. The highest BCUT2D eigenvalue weighted by atomic mass is 32.2. The third-order valence-corrected chi connectivity index (χ3v) is 3.48. The molecule has 0 saturated heterocycles. The van der Waals surface area contributed by atoms with Crippen molar-refractivity contribution < 1.29 is 0 Å². The maximum Gasteiger partial charge on any atom is 0.183 e. The van der Waals surface area contributed by atoms with E-state index in [2.05, 4.69) is 17.2 Å². The lowest BCUT2D eigenvalue weighted by molar-refractivity contribution is 0.430. The van der Waals surface area contributed by atoms with E-state index in [0.717, 1.165) is 23.5 Å². The smallest absolute Gasteiger partial charge is 0.183 e. The van der Waals surface area contributed by atoms with Crippen molar-refractivity contribution in [3.63, 3.8) is 0 Å². The minimum atomic E-state index is 0.720. The van der Waals surface area contributed by atoms with Crippen molar-refractivity contribution in [2.45, 2.75) is 26.2 Å². The van der Waals surface area contributed by atoms with E-state index in [9.17, 15) is 0 Å². The molecule has 1 aliphatic rings. The van der Waals surface area contributed by atoms with Gasteiger partial charge in [-0.1, -0.05) is 31.5 Å². The number of nitrogens with zero attached hydrogens (tertiary/aromatic N) is 2. The van der Waals surface area contributed by atoms with Gasteiger partial charge in [-0.25, -0.2) is 0 Å². The summed E-state index contributed by atoms with van der Waals surface area (Å²) in [5.74, 6) is 1.52. The van der Waals surface area contributed by atoms with Crippen LogP contribution in [0.5, 0.6) is 0 Å². The molecule has 4 heteroatoms. The van der Waals surface area contributed by atoms with Gasteiger partial charge in [0, 0.05) is 6.54 Å². The Hall–Kier alpha value is -0.690. The summed E-state index contributed by atoms with van der Waals surface area (Å²) in [6.07, 6.45) is 7.79. The van der Waals surface area contributed by atoms with Crippen LogP contribution in [0.4, 0.5) is 0 Å². The zero-order valence-corrected chi connectivity index (χ0v) is 9.60. The van der Waals surface area contributed by atoms with Crippen LogP contribution in [0.2, 0.25) is 0 Å². The zero-order valence-electron chi connectivity index (χ0n) is 8.79. The Morgan fingerprint density at radius 3 is 2.93 bits per heavy atom. The van der Waals surface area contributed by atoms with E-state index in [1.165, 1.54) is 31.0 Å². The first-order valence-electron chi connectivity index (χ1n) is 5.01. The maximum absolute atomic E-state index is 8.46. The minimum absolute atomic E-state index is 0.720. The molecule has 2 atom stereocenters. The average Bonchev–Trinajstić information content (AvgIpc) is 2.59. The van der Waals surface area contributed by atoms with Crippen molar-refractivity contribution in [3.8, 4) is 6.19 Å². The van der Waals surface area contributed by atoms with Crippen LogP contribution in [-0.2, 0) is 0 Å². The van der Waals surface area contributed by atoms with E-state index in [1.54, 1.807) is 0 Å². The normalized spacial score (nSPS) is 27.4. The number of nitrogens with one attached hydrogen (secondary N) is 1. The van der Waals surface area contributed by atoms with Gasteiger partial charge in [-0.3, -0.25) is 10.3 Å². The second kappa shape index (κ2) is 5.92. The van der Waals surface area contributed by atoms with E-state index in [1.807, 2.05) is 12.4 Å². The van der Waals surface area contributed by atoms with E-state index in [-0.39, 0.29) is 0 Å². The summed E-state index contributed by atoms with van der Waals surface area (Å²) in [5.41, 5.74) is 0. The van der Waals surface area contributed by atoms with Crippen LogP contribution in [0, 0.1) is 23.3 Å². The molecule has 3 nitrogen and oxygen atoms in total. The molecule has 1 saturated carbocycles. The monoisotopic (exact) mass is 211 g/mol. The summed E-state index contributed by atoms with van der Waals surface area (Å²) in [6, 6.07) is 0. The molecule has 0 aliphatic heterocycles. The number of thioether (sulfide) groups is 1. The summed E-state index contributed by atoms with van der Waals surface area (Å²) in [4.78, 5) is 4.41. The van der Waals surface area contributed by atoms with Crippen molar-refractivity contribution >= 4 is 16.9 Å². The first kappa shape index (κ1) is 11.4. The van der Waals surface area contributed by atoms with Gasteiger partial charge in [-0.15, -0.1) is 0 Å². The predicted octanol–water partition coefficient (Wildman–Crippen LogP) is 2.21. The van der Waals surface area contributed by atoms with Crippen LogP contribution in [0.3, 0.4) is 0 Å². The van der Waals surface area contributed by atoms with Gasteiger partial charge in [-0.05, 0) is 24.5 Å². The van der Waals surface area contributed by atoms with E-state index in [0.29, 0.717) is 0 Å². The molecule has 1 N–H and O–H groups in total. The fraction of sp³-hybridized carbons (Fsp3) is 0.800. The van der Waals surface area contributed by atoms with Crippen molar-refractivity contribution in [1.29, 1.82) is 5.26 Å². The molecule has 0 aromatic carbocycles. The third-order valence-electron chi connectivity index (χ3n) is 2.86. The predicted molar refractivity (Wildman–Crippen MR) is 61.1 cm³/mol. The van der Waals surface area contributed by atoms with Crippen LogP contribution >= 0.6 is 11.8 Å². The molecule has 0 aromatic rings. The van der Waals surface area contributed by atoms with Gasteiger partial charge >= 0.3 is 0 Å². The van der Waals surface area contributed by atoms with Gasteiger partial charge in [0.25, 0.3) is 0 Å². The highest BCUT2D eigenvalue weighted by Crippen LogP contribution is 2.31. The lowest BCUT2D eigenvalue weighted by Crippen LogP contribution is -2.16. The molecular weight excluding hydrogens is 194 g/mol. The Balaban J connectivity index is 2.39. The van der Waals surface area contributed by atoms with Gasteiger partial charge in [0.15, 0.2) is 11.4 Å². The third kappa shape index (κ3) is 3.22. The Bertz CT molecular complexity index is 244. The van der Waals surface area contributed by atoms with Crippen LogP contribution in [0.15, 0.2) is 4.99 Å². The second-order valence-corrected chi connectivity index (χ2v) is 4.55. The first-order chi connectivity index (χ1) is 6.77. The zero-order chi connectivity index (χ0) is 10.4. The standard InChI is InChI=1S/C10H17N3S/c1-8-4-3-5-9(8)6-12-10(14-2)13-7-11/h8-9H,3-6H2,1-2H3,(H,12,13). The molecule has 0 amide bonds. The van der Waals surface area contributed by atoms with E-state index in [4.69, 9.17) is 5.26 Å². The largest absolute Gasteiger partial charge is 0.272 e. The molecule has 2 unspecified atom stereocenters. The minimum Gasteiger partial charge on any atom is -0.272 e. The summed E-state index contributed by atoms with van der Waals surface area (Å²) in [6.45, 7) is 3.16. The molecule has 1 aliphatic carbocycles. The number of amidine groups is 1. The van der Waals surface area contributed by atoms with Gasteiger partial charge in [0.2, 0.25) is 0 Å². The highest BCUT2D eigenvalue weighted by molar-refractivity contribution is 8.13. The van der Waals surface area contributed by atoms with E-state index < -0.39 is 0 Å². The molecule has 14 heavy (non-hydrogen) atoms. The molecular formula is C10H17N3S. The van der Waals surface area contributed by atoms with Crippen molar-refractivity contribution in [2.24, 2.45) is 16.8 Å². The maximum atomic E-state index is 8.46. The fourth-order valence-electron chi connectivity index (χ4n) is 1.90. The molecule has 1 rings (SSSR count). The lowest BCUT2D eigenvalue weighted by Gasteiger charge is -2.12. The first-order valence-corrected chi connectivity index (χ1v) is 6.24. The van der Waals surface area contributed by atoms with Gasteiger partial charge in [0.05, 0.1) is 0 Å². The van der Waals surface area contributed by atoms with Gasteiger partial charge in [-0.2, -0.15) is 5.26 Å². The highest BCUT2D eigenvalue weighted by Gasteiger charge is 2.22. The van der Waals surface area contributed by atoms with Crippen LogP contribution in [-0.4, -0.2) is 18.0 Å². The van der Waals surface area contributed by atoms with Crippen LogP contribution < -0.4 is 5.32 Å². The topological polar surface area (TPSA) is 48.2 Å². The SMILES string of the molecule is CSC(=NCC1CCCC1C)NC#N. The van der Waals surface area contributed by atoms with Gasteiger partial charge in [0.1, 0.15) is 0 Å². The Kier molecular flexibility index (Phi) is 4.81. The molecule has 1 fully saturated rings. The lowest BCUT2D eigenvalue weighted by atomic mass is 9.99. The summed E-state index contributed by atoms with van der Waals surface area (Å²) in [5, 5.41) is 11.8. The number of aliphatic imine (C=N–C) groups is 1. The summed E-state index contributed by atoms with van der Waals surface area (Å²) < 4.78 is 0. The molecule has 0 spiro atoms. The molecule has 0 aromatic heterocycles. The Labute approximate surface area is 90.0 Å². The fourth-order valence-corrected chi connectivity index (χ4v) is 2.25. The molecule has 0 heterocycles.